The zero-order chi connectivity index (χ0) is 19.8. The monoisotopic (exact) mass is 360 g/mol. The Morgan fingerprint density at radius 2 is 1.77 bits per heavy atom. The summed E-state index contributed by atoms with van der Waals surface area (Å²) < 4.78 is 5.38. The molecule has 1 aliphatic carbocycles. The first-order valence-electron chi connectivity index (χ1n) is 9.62. The third-order valence-corrected chi connectivity index (χ3v) is 4.80. The van der Waals surface area contributed by atoms with E-state index in [-0.39, 0.29) is 12.4 Å². The predicted molar refractivity (Wildman–Crippen MR) is 109 cm³/mol. The molecule has 1 saturated carbocycles. The minimum absolute atomic E-state index is 0.228. The number of hydrogen-bond donors (Lipinski definition) is 2. The highest BCUT2D eigenvalue weighted by molar-refractivity contribution is 5.75. The number of carbonyl (C=O) groups is 1. The molecule has 3 N–H and O–H groups in total. The van der Waals surface area contributed by atoms with Gasteiger partial charge in [0, 0.05) is 6.04 Å². The number of rotatable bonds is 4. The molecule has 0 saturated heterocycles. The fraction of sp³-hybridized carbons (Fsp3) is 0.682. The number of nitrogens with two attached hydrogens (primary N) is 1. The van der Waals surface area contributed by atoms with Crippen molar-refractivity contribution in [3.63, 3.8) is 0 Å². The first-order valence-corrected chi connectivity index (χ1v) is 9.62. The molecule has 0 radical (unpaired) electrons. The smallest absolute Gasteiger partial charge is 0.310 e. The number of nitrogen functional groups attached to an aromatic ring is 1. The van der Waals surface area contributed by atoms with E-state index in [1.165, 1.54) is 6.42 Å². The molecule has 146 valence electrons. The van der Waals surface area contributed by atoms with Gasteiger partial charge in [-0.1, -0.05) is 33.8 Å². The number of benzene rings is 1. The molecule has 26 heavy (non-hydrogen) atoms. The quantitative estimate of drug-likeness (QED) is 0.574. The van der Waals surface area contributed by atoms with Gasteiger partial charge in [0.2, 0.25) is 0 Å². The SMILES string of the molecule is CC1(C)CC(Nc2ccc(CC(=O)OC(C)(C)C)cc2N)CC(C)(C)C1. The van der Waals surface area contributed by atoms with Crippen LogP contribution in [0.1, 0.15) is 73.3 Å². The van der Waals surface area contributed by atoms with Gasteiger partial charge in [-0.3, -0.25) is 4.79 Å². The van der Waals surface area contributed by atoms with Crippen molar-refractivity contribution in [3.05, 3.63) is 23.8 Å². The molecular formula is C22H36N2O2. The van der Waals surface area contributed by atoms with E-state index in [1.54, 1.807) is 0 Å². The van der Waals surface area contributed by atoms with Gasteiger partial charge in [0.25, 0.3) is 0 Å². The number of carbonyl (C=O) groups excluding carboxylic acids is 1. The van der Waals surface area contributed by atoms with Crippen LogP contribution in [-0.4, -0.2) is 17.6 Å². The summed E-state index contributed by atoms with van der Waals surface area (Å²) >= 11 is 0. The third-order valence-electron chi connectivity index (χ3n) is 4.80. The molecule has 1 aromatic carbocycles. The van der Waals surface area contributed by atoms with Crippen molar-refractivity contribution in [1.29, 1.82) is 0 Å². The fourth-order valence-electron chi connectivity index (χ4n) is 4.57. The molecule has 0 spiro atoms. The highest BCUT2D eigenvalue weighted by Crippen LogP contribution is 2.46. The first kappa shape index (κ1) is 20.6. The van der Waals surface area contributed by atoms with Crippen LogP contribution < -0.4 is 11.1 Å². The Morgan fingerprint density at radius 3 is 2.27 bits per heavy atom. The average molecular weight is 361 g/mol. The van der Waals surface area contributed by atoms with Crippen molar-refractivity contribution < 1.29 is 9.53 Å². The highest BCUT2D eigenvalue weighted by Gasteiger charge is 2.38. The maximum Gasteiger partial charge on any atom is 0.310 e. The molecule has 0 aliphatic heterocycles. The van der Waals surface area contributed by atoms with Gasteiger partial charge in [0.15, 0.2) is 0 Å². The van der Waals surface area contributed by atoms with Crippen LogP contribution >= 0.6 is 0 Å². The Morgan fingerprint density at radius 1 is 1.19 bits per heavy atom. The van der Waals surface area contributed by atoms with Gasteiger partial charge in [0.05, 0.1) is 17.8 Å². The zero-order valence-corrected chi connectivity index (χ0v) is 17.5. The minimum atomic E-state index is -0.468. The van der Waals surface area contributed by atoms with Gasteiger partial charge in [-0.25, -0.2) is 0 Å². The van der Waals surface area contributed by atoms with Gasteiger partial charge in [0.1, 0.15) is 5.60 Å². The number of esters is 1. The normalized spacial score (nSPS) is 19.8. The van der Waals surface area contributed by atoms with Gasteiger partial charge in [-0.15, -0.1) is 0 Å². The second-order valence-corrected chi connectivity index (χ2v) is 10.4. The summed E-state index contributed by atoms with van der Waals surface area (Å²) in [6.07, 6.45) is 3.75. The number of anilines is 2. The van der Waals surface area contributed by atoms with Crippen LogP contribution in [0.4, 0.5) is 11.4 Å². The Bertz CT molecular complexity index is 641. The van der Waals surface area contributed by atoms with Crippen LogP contribution in [0.15, 0.2) is 18.2 Å². The maximum atomic E-state index is 12.0. The van der Waals surface area contributed by atoms with Crippen LogP contribution in [-0.2, 0) is 16.0 Å². The Labute approximate surface area is 158 Å². The molecule has 1 fully saturated rings. The molecule has 0 bridgehead atoms. The largest absolute Gasteiger partial charge is 0.460 e. The first-order chi connectivity index (χ1) is 11.7. The fourth-order valence-corrected chi connectivity index (χ4v) is 4.57. The van der Waals surface area contributed by atoms with Crippen molar-refractivity contribution in [2.45, 2.75) is 85.8 Å². The van der Waals surface area contributed by atoms with E-state index in [0.29, 0.717) is 22.6 Å². The summed E-state index contributed by atoms with van der Waals surface area (Å²) in [5.41, 5.74) is 8.97. The van der Waals surface area contributed by atoms with Crippen LogP contribution in [0.3, 0.4) is 0 Å². The summed E-state index contributed by atoms with van der Waals surface area (Å²) in [6, 6.07) is 6.24. The lowest BCUT2D eigenvalue weighted by atomic mass is 9.63. The zero-order valence-electron chi connectivity index (χ0n) is 17.5. The van der Waals surface area contributed by atoms with E-state index in [2.05, 4.69) is 33.0 Å². The van der Waals surface area contributed by atoms with E-state index in [4.69, 9.17) is 10.5 Å². The van der Waals surface area contributed by atoms with Crippen molar-refractivity contribution in [3.8, 4) is 0 Å². The van der Waals surface area contributed by atoms with E-state index in [9.17, 15) is 4.79 Å². The van der Waals surface area contributed by atoms with E-state index < -0.39 is 5.60 Å². The molecule has 1 aromatic rings. The second kappa shape index (κ2) is 7.13. The van der Waals surface area contributed by atoms with E-state index in [0.717, 1.165) is 24.1 Å². The van der Waals surface area contributed by atoms with Crippen LogP contribution in [0.5, 0.6) is 0 Å². The molecule has 4 nitrogen and oxygen atoms in total. The standard InChI is InChI=1S/C22H36N2O2/c1-20(2,3)26-19(25)11-15-8-9-18(17(23)10-15)24-16-12-21(4,5)14-22(6,7)13-16/h8-10,16,24H,11-14,23H2,1-7H3. The molecule has 0 amide bonds. The van der Waals surface area contributed by atoms with E-state index in [1.807, 2.05) is 39.0 Å². The molecule has 0 atom stereocenters. The van der Waals surface area contributed by atoms with Gasteiger partial charge in [-0.05, 0) is 68.6 Å². The number of hydrogen-bond acceptors (Lipinski definition) is 4. The molecule has 0 aromatic heterocycles. The molecular weight excluding hydrogens is 324 g/mol. The summed E-state index contributed by atoms with van der Waals surface area (Å²) in [6.45, 7) is 15.0. The Hall–Kier alpha value is -1.71. The van der Waals surface area contributed by atoms with Gasteiger partial charge >= 0.3 is 5.97 Å². The van der Waals surface area contributed by atoms with Crippen LogP contribution in [0, 0.1) is 10.8 Å². The summed E-state index contributed by atoms with van der Waals surface area (Å²) in [7, 11) is 0. The Balaban J connectivity index is 2.04. The topological polar surface area (TPSA) is 64.3 Å². The summed E-state index contributed by atoms with van der Waals surface area (Å²) in [5, 5.41) is 3.64. The highest BCUT2D eigenvalue weighted by atomic mass is 16.6. The van der Waals surface area contributed by atoms with Crippen molar-refractivity contribution in [2.24, 2.45) is 10.8 Å². The number of nitrogens with one attached hydrogen (secondary N) is 1. The second-order valence-electron chi connectivity index (χ2n) is 10.4. The minimum Gasteiger partial charge on any atom is -0.460 e. The predicted octanol–water partition coefficient (Wildman–Crippen LogP) is 5.17. The van der Waals surface area contributed by atoms with E-state index >= 15 is 0 Å². The van der Waals surface area contributed by atoms with Gasteiger partial charge in [-0.2, -0.15) is 0 Å². The Kier molecular flexibility index (Phi) is 5.65. The molecule has 2 rings (SSSR count). The third kappa shape index (κ3) is 6.22. The summed E-state index contributed by atoms with van der Waals surface area (Å²) in [4.78, 5) is 12.0. The van der Waals surface area contributed by atoms with Gasteiger partial charge < -0.3 is 15.8 Å². The van der Waals surface area contributed by atoms with Crippen molar-refractivity contribution >= 4 is 17.3 Å². The summed E-state index contributed by atoms with van der Waals surface area (Å²) in [5.74, 6) is -0.228. The van der Waals surface area contributed by atoms with Crippen LogP contribution in [0.2, 0.25) is 0 Å². The molecule has 0 unspecified atom stereocenters. The number of ether oxygens (including phenoxy) is 1. The maximum absolute atomic E-state index is 12.0. The molecule has 4 heteroatoms. The van der Waals surface area contributed by atoms with Crippen LogP contribution in [0.25, 0.3) is 0 Å². The lowest BCUT2D eigenvalue weighted by molar-refractivity contribution is -0.153. The van der Waals surface area contributed by atoms with Crippen molar-refractivity contribution in [1.82, 2.24) is 0 Å². The molecule has 1 aliphatic rings. The lowest BCUT2D eigenvalue weighted by Crippen LogP contribution is -2.40. The molecule has 0 heterocycles. The average Bonchev–Trinajstić information content (AvgIpc) is 2.35. The lowest BCUT2D eigenvalue weighted by Gasteiger charge is -2.45. The van der Waals surface area contributed by atoms with Crippen molar-refractivity contribution in [2.75, 3.05) is 11.1 Å².